The molecule has 2 nitrogen and oxygen atoms in total. The minimum Gasteiger partial charge on any atom is -1.00 e. The summed E-state index contributed by atoms with van der Waals surface area (Å²) in [6.07, 6.45) is 24.5. The third kappa shape index (κ3) is 21.9. The van der Waals surface area contributed by atoms with E-state index in [-0.39, 0.29) is 19.0 Å². The molecule has 0 saturated heterocycles. The molecule has 24 heavy (non-hydrogen) atoms. The van der Waals surface area contributed by atoms with E-state index in [2.05, 4.69) is 11.5 Å². The number of rotatable bonds is 18. The molecule has 0 aromatic rings. The first-order chi connectivity index (χ1) is 11.3. The topological polar surface area (TPSA) is 23.2 Å². The van der Waals surface area contributed by atoms with Crippen LogP contribution in [0.4, 0.5) is 0 Å². The summed E-state index contributed by atoms with van der Waals surface area (Å²) in [6.45, 7) is 3.53. The van der Waals surface area contributed by atoms with Crippen LogP contribution in [0.25, 0.3) is 0 Å². The number of unbranched alkanes of at least 4 members (excludes halogenated alkanes) is 15. The van der Waals surface area contributed by atoms with Gasteiger partial charge in [-0.2, -0.15) is 0 Å². The van der Waals surface area contributed by atoms with Crippen molar-refractivity contribution in [1.29, 1.82) is 0 Å². The maximum absolute atomic E-state index is 8.77. The van der Waals surface area contributed by atoms with Gasteiger partial charge in [-0.3, -0.25) is 0 Å². The SMILES string of the molecule is CCCCCCCCCCCCCCCCCC[N+](C)=CCO.[Cl-]. The fourth-order valence-corrected chi connectivity index (χ4v) is 3.14. The van der Waals surface area contributed by atoms with Gasteiger partial charge in [0, 0.05) is 6.42 Å². The van der Waals surface area contributed by atoms with E-state index in [0.717, 1.165) is 6.54 Å². The highest BCUT2D eigenvalue weighted by Gasteiger charge is 1.97. The van der Waals surface area contributed by atoms with Crippen LogP contribution in [0.3, 0.4) is 0 Å². The van der Waals surface area contributed by atoms with E-state index in [1.165, 1.54) is 103 Å². The van der Waals surface area contributed by atoms with Crippen molar-refractivity contribution in [3.05, 3.63) is 0 Å². The summed E-state index contributed by atoms with van der Waals surface area (Å²) in [4.78, 5) is 0. The van der Waals surface area contributed by atoms with Crippen LogP contribution >= 0.6 is 0 Å². The quantitative estimate of drug-likeness (QED) is 0.226. The third-order valence-corrected chi connectivity index (χ3v) is 4.76. The van der Waals surface area contributed by atoms with Crippen LogP contribution in [-0.2, 0) is 0 Å². The van der Waals surface area contributed by atoms with Gasteiger partial charge in [-0.25, -0.2) is 4.58 Å². The Hall–Kier alpha value is -0.0800. The van der Waals surface area contributed by atoms with Crippen molar-refractivity contribution in [1.82, 2.24) is 0 Å². The summed E-state index contributed by atoms with van der Waals surface area (Å²) in [5.41, 5.74) is 0. The van der Waals surface area contributed by atoms with Crippen molar-refractivity contribution < 1.29 is 22.1 Å². The number of aliphatic hydroxyl groups is 1. The van der Waals surface area contributed by atoms with E-state index in [9.17, 15) is 0 Å². The molecule has 0 amide bonds. The molecule has 0 unspecified atom stereocenters. The van der Waals surface area contributed by atoms with Gasteiger partial charge in [0.25, 0.3) is 0 Å². The molecule has 0 aliphatic heterocycles. The summed E-state index contributed by atoms with van der Waals surface area (Å²) in [7, 11) is 2.04. The van der Waals surface area contributed by atoms with Gasteiger partial charge in [-0.1, -0.05) is 96.8 Å². The average molecular weight is 362 g/mol. The Balaban J connectivity index is 0. The second kappa shape index (κ2) is 22.9. The fourth-order valence-electron chi connectivity index (χ4n) is 3.14. The second-order valence-electron chi connectivity index (χ2n) is 7.15. The molecule has 3 heteroatoms. The monoisotopic (exact) mass is 361 g/mol. The number of hydrogen-bond acceptors (Lipinski definition) is 1. The lowest BCUT2D eigenvalue weighted by atomic mass is 10.0. The number of aliphatic hydroxyl groups excluding tert-OH is 1. The molecule has 1 N–H and O–H groups in total. The Morgan fingerprint density at radius 2 is 0.958 bits per heavy atom. The number of nitrogens with zero attached hydrogens (tertiary/aromatic N) is 1. The van der Waals surface area contributed by atoms with Crippen molar-refractivity contribution in [3.8, 4) is 0 Å². The number of halogens is 1. The Bertz CT molecular complexity index is 256. The van der Waals surface area contributed by atoms with E-state index < -0.39 is 0 Å². The van der Waals surface area contributed by atoms with E-state index in [0.29, 0.717) is 0 Å². The van der Waals surface area contributed by atoms with Crippen molar-refractivity contribution in [3.63, 3.8) is 0 Å². The molecule has 0 bridgehead atoms. The van der Waals surface area contributed by atoms with Gasteiger partial charge in [0.2, 0.25) is 0 Å². The predicted octanol–water partition coefficient (Wildman–Crippen LogP) is 2.96. The molecule has 0 atom stereocenters. The van der Waals surface area contributed by atoms with Crippen LogP contribution in [0.5, 0.6) is 0 Å². The van der Waals surface area contributed by atoms with Crippen LogP contribution in [-0.4, -0.2) is 36.1 Å². The maximum atomic E-state index is 8.77. The summed E-state index contributed by atoms with van der Waals surface area (Å²) < 4.78 is 2.10. The molecule has 0 aromatic heterocycles. The fraction of sp³-hybridized carbons (Fsp3) is 0.952. The molecule has 0 fully saturated rings. The zero-order valence-corrected chi connectivity index (χ0v) is 17.3. The highest BCUT2D eigenvalue weighted by atomic mass is 35.5. The van der Waals surface area contributed by atoms with Gasteiger partial charge in [-0.15, -0.1) is 0 Å². The summed E-state index contributed by atoms with van der Waals surface area (Å²) in [5, 5.41) is 8.77. The molecule has 0 aliphatic rings. The molecule has 0 saturated carbocycles. The lowest BCUT2D eigenvalue weighted by Gasteiger charge is -2.03. The molecule has 0 aromatic carbocycles. The van der Waals surface area contributed by atoms with Gasteiger partial charge in [0.05, 0.1) is 0 Å². The average Bonchev–Trinajstić information content (AvgIpc) is 2.54. The van der Waals surface area contributed by atoms with Gasteiger partial charge in [0.15, 0.2) is 6.21 Å². The zero-order valence-electron chi connectivity index (χ0n) is 16.6. The number of hydrogen-bond donors (Lipinski definition) is 1. The van der Waals surface area contributed by atoms with Crippen LogP contribution < -0.4 is 12.4 Å². The standard InChI is InChI=1S/C21H44NO.ClH/c1-3-4-5-6-7-8-9-10-11-12-13-14-15-16-17-18-19-22(2)20-21-23;/h20,23H,3-19,21H2,1-2H3;1H/q+1;/p-1. The molecule has 0 radical (unpaired) electrons. The highest BCUT2D eigenvalue weighted by Crippen LogP contribution is 2.13. The minimum atomic E-state index is 0. The zero-order chi connectivity index (χ0) is 17.0. The maximum Gasteiger partial charge on any atom is 0.165 e. The molecular formula is C21H44ClNO. The van der Waals surface area contributed by atoms with Gasteiger partial charge in [0.1, 0.15) is 20.2 Å². The largest absolute Gasteiger partial charge is 1.00 e. The lowest BCUT2D eigenvalue weighted by Crippen LogP contribution is -3.00. The Morgan fingerprint density at radius 1 is 0.625 bits per heavy atom. The molecule has 0 rings (SSSR count). The Morgan fingerprint density at radius 3 is 1.29 bits per heavy atom. The van der Waals surface area contributed by atoms with Crippen LogP contribution in [0, 0.1) is 0 Å². The Kier molecular flexibility index (Phi) is 25.0. The molecule has 0 aliphatic carbocycles. The molecule has 146 valence electrons. The van der Waals surface area contributed by atoms with Crippen LogP contribution in [0.2, 0.25) is 0 Å². The summed E-state index contributed by atoms with van der Waals surface area (Å²) >= 11 is 0. The third-order valence-electron chi connectivity index (χ3n) is 4.76. The van der Waals surface area contributed by atoms with Gasteiger partial charge < -0.3 is 17.5 Å². The first kappa shape index (κ1) is 26.2. The Labute approximate surface area is 158 Å². The first-order valence-electron chi connectivity index (χ1n) is 10.5. The minimum absolute atomic E-state index is 0. The highest BCUT2D eigenvalue weighted by molar-refractivity contribution is 5.51. The van der Waals surface area contributed by atoms with Crippen LogP contribution in [0.15, 0.2) is 0 Å². The van der Waals surface area contributed by atoms with E-state index >= 15 is 0 Å². The summed E-state index contributed by atoms with van der Waals surface area (Å²) in [5.74, 6) is 0. The molecule has 0 spiro atoms. The van der Waals surface area contributed by atoms with Gasteiger partial charge >= 0.3 is 0 Å². The molecule has 0 heterocycles. The lowest BCUT2D eigenvalue weighted by molar-refractivity contribution is -0.494. The molecular weight excluding hydrogens is 318 g/mol. The predicted molar refractivity (Wildman–Crippen MR) is 104 cm³/mol. The smallest absolute Gasteiger partial charge is 0.165 e. The van der Waals surface area contributed by atoms with Crippen molar-refractivity contribution in [2.75, 3.05) is 20.2 Å². The van der Waals surface area contributed by atoms with Crippen molar-refractivity contribution >= 4 is 6.21 Å². The first-order valence-corrected chi connectivity index (χ1v) is 10.5. The van der Waals surface area contributed by atoms with E-state index in [4.69, 9.17) is 5.11 Å². The van der Waals surface area contributed by atoms with E-state index in [1.807, 2.05) is 13.3 Å². The normalized spacial score (nSPS) is 11.5. The van der Waals surface area contributed by atoms with Crippen LogP contribution in [0.1, 0.15) is 110 Å². The van der Waals surface area contributed by atoms with Gasteiger partial charge in [-0.05, 0) is 6.42 Å². The second-order valence-corrected chi connectivity index (χ2v) is 7.15. The van der Waals surface area contributed by atoms with Crippen molar-refractivity contribution in [2.45, 2.75) is 110 Å². The van der Waals surface area contributed by atoms with Crippen molar-refractivity contribution in [2.24, 2.45) is 0 Å². The summed E-state index contributed by atoms with van der Waals surface area (Å²) in [6, 6.07) is 0. The van der Waals surface area contributed by atoms with E-state index in [1.54, 1.807) is 0 Å².